The molecule has 0 spiro atoms. The van der Waals surface area contributed by atoms with Crippen molar-refractivity contribution in [2.75, 3.05) is 0 Å². The summed E-state index contributed by atoms with van der Waals surface area (Å²) >= 11 is 6.01. The molecule has 0 N–H and O–H groups in total. The van der Waals surface area contributed by atoms with Gasteiger partial charge in [-0.25, -0.2) is 13.4 Å². The Kier molecular flexibility index (Phi) is 2.86. The third-order valence-corrected chi connectivity index (χ3v) is 3.51. The van der Waals surface area contributed by atoms with E-state index < -0.39 is 9.05 Å². The number of hydrogen-bond acceptors (Lipinski definition) is 3. The molecule has 0 atom stereocenters. The zero-order chi connectivity index (χ0) is 11.9. The molecule has 7 heteroatoms. The lowest BCUT2D eigenvalue weighted by Gasteiger charge is -1.96. The maximum absolute atomic E-state index is 11.0. The molecule has 2 aromatic heterocycles. The smallest absolute Gasteiger partial charge is 0.238 e. The van der Waals surface area contributed by atoms with Crippen LogP contribution in [0.4, 0.5) is 0 Å². The number of hydrogen-bond donors (Lipinski definition) is 0. The quantitative estimate of drug-likeness (QED) is 0.793. The summed E-state index contributed by atoms with van der Waals surface area (Å²) in [5.41, 5.74) is 1.83. The Morgan fingerprint density at radius 3 is 2.75 bits per heavy atom. The molecule has 0 saturated heterocycles. The minimum atomic E-state index is -3.65. The van der Waals surface area contributed by atoms with Crippen LogP contribution in [0.2, 0.25) is 5.15 Å². The Bertz CT molecular complexity index is 649. The predicted molar refractivity (Wildman–Crippen MR) is 63.4 cm³/mol. The highest BCUT2D eigenvalue weighted by molar-refractivity contribution is 8.13. The van der Waals surface area contributed by atoms with Crippen LogP contribution in [0.1, 0.15) is 11.3 Å². The largest absolute Gasteiger partial charge is 0.290 e. The van der Waals surface area contributed by atoms with Gasteiger partial charge in [0.2, 0.25) is 9.05 Å². The van der Waals surface area contributed by atoms with E-state index in [0.717, 1.165) is 5.56 Å². The molecule has 0 bridgehead atoms. The van der Waals surface area contributed by atoms with Gasteiger partial charge in [0.1, 0.15) is 16.6 Å². The number of pyridine rings is 1. The predicted octanol–water partition coefficient (Wildman–Crippen LogP) is 2.36. The first-order valence-electron chi connectivity index (χ1n) is 4.43. The summed E-state index contributed by atoms with van der Waals surface area (Å²) in [4.78, 5) is 4.16. The number of rotatable bonds is 2. The Balaban J connectivity index is 2.65. The summed E-state index contributed by atoms with van der Waals surface area (Å²) in [6.45, 7) is 1.87. The monoisotopic (exact) mass is 278 g/mol. The Morgan fingerprint density at radius 1 is 1.50 bits per heavy atom. The highest BCUT2D eigenvalue weighted by Gasteiger charge is 2.16. The summed E-state index contributed by atoms with van der Waals surface area (Å²) < 4.78 is 23.6. The molecule has 2 rings (SSSR count). The second kappa shape index (κ2) is 3.91. The normalized spacial score (nSPS) is 12.2. The number of imidazole rings is 1. The van der Waals surface area contributed by atoms with E-state index in [1.807, 2.05) is 19.1 Å². The van der Waals surface area contributed by atoms with Gasteiger partial charge >= 0.3 is 0 Å². The minimum Gasteiger partial charge on any atom is -0.290 e. The van der Waals surface area contributed by atoms with E-state index in [-0.39, 0.29) is 16.6 Å². The van der Waals surface area contributed by atoms with Gasteiger partial charge in [0.05, 0.1) is 5.69 Å². The molecular weight excluding hydrogens is 271 g/mol. The van der Waals surface area contributed by atoms with Crippen molar-refractivity contribution in [2.24, 2.45) is 0 Å². The molecule has 0 aliphatic heterocycles. The molecule has 0 aromatic carbocycles. The van der Waals surface area contributed by atoms with Crippen molar-refractivity contribution in [3.05, 3.63) is 34.7 Å². The Morgan fingerprint density at radius 2 is 2.19 bits per heavy atom. The fourth-order valence-electron chi connectivity index (χ4n) is 1.48. The standard InChI is InChI=1S/C9H8Cl2N2O2S/c1-6-3-2-4-13-8(10)7(12-9(6)13)5-16(11,14)15/h2-4H,5H2,1H3. The van der Waals surface area contributed by atoms with Gasteiger partial charge in [-0.15, -0.1) is 0 Å². The van der Waals surface area contributed by atoms with Gasteiger partial charge in [0, 0.05) is 16.9 Å². The fourth-order valence-corrected chi connectivity index (χ4v) is 2.64. The van der Waals surface area contributed by atoms with Crippen LogP contribution in [0.3, 0.4) is 0 Å². The number of nitrogens with zero attached hydrogens (tertiary/aromatic N) is 2. The fraction of sp³-hybridized carbons (Fsp3) is 0.222. The van der Waals surface area contributed by atoms with E-state index in [1.165, 1.54) is 0 Å². The van der Waals surface area contributed by atoms with Crippen LogP contribution in [-0.4, -0.2) is 17.8 Å². The average Bonchev–Trinajstić information content (AvgIpc) is 2.44. The van der Waals surface area contributed by atoms with Crippen LogP contribution < -0.4 is 0 Å². The van der Waals surface area contributed by atoms with Gasteiger partial charge in [0.15, 0.2) is 0 Å². The SMILES string of the molecule is Cc1cccn2c(Cl)c(CS(=O)(=O)Cl)nc12. The topological polar surface area (TPSA) is 51.4 Å². The first kappa shape index (κ1) is 11.7. The number of aromatic nitrogens is 2. The van der Waals surface area contributed by atoms with Crippen molar-refractivity contribution in [2.45, 2.75) is 12.7 Å². The molecule has 4 nitrogen and oxygen atoms in total. The van der Waals surface area contributed by atoms with Crippen LogP contribution in [0, 0.1) is 6.92 Å². The van der Waals surface area contributed by atoms with Crippen molar-refractivity contribution in [3.63, 3.8) is 0 Å². The molecule has 0 radical (unpaired) electrons. The van der Waals surface area contributed by atoms with E-state index >= 15 is 0 Å². The molecule has 86 valence electrons. The molecule has 0 fully saturated rings. The van der Waals surface area contributed by atoms with E-state index in [4.69, 9.17) is 22.3 Å². The molecule has 0 saturated carbocycles. The van der Waals surface area contributed by atoms with Gasteiger partial charge in [-0.3, -0.25) is 4.40 Å². The Labute approximate surface area is 102 Å². The van der Waals surface area contributed by atoms with Crippen LogP contribution >= 0.6 is 22.3 Å². The van der Waals surface area contributed by atoms with Crippen molar-refractivity contribution >= 4 is 37.0 Å². The van der Waals surface area contributed by atoms with Crippen molar-refractivity contribution in [3.8, 4) is 0 Å². The number of fused-ring (bicyclic) bond motifs is 1. The summed E-state index contributed by atoms with van der Waals surface area (Å²) in [5.74, 6) is -0.367. The lowest BCUT2D eigenvalue weighted by atomic mass is 10.3. The first-order valence-corrected chi connectivity index (χ1v) is 7.28. The highest BCUT2D eigenvalue weighted by Crippen LogP contribution is 2.22. The van der Waals surface area contributed by atoms with E-state index in [9.17, 15) is 8.42 Å². The zero-order valence-electron chi connectivity index (χ0n) is 8.31. The zero-order valence-corrected chi connectivity index (χ0v) is 10.6. The molecular formula is C9H8Cl2N2O2S. The van der Waals surface area contributed by atoms with Gasteiger partial charge < -0.3 is 0 Å². The Hall–Kier alpha value is -0.780. The van der Waals surface area contributed by atoms with Crippen LogP contribution in [0.15, 0.2) is 18.3 Å². The lowest BCUT2D eigenvalue weighted by molar-refractivity contribution is 0.608. The number of aryl methyl sites for hydroxylation is 1. The van der Waals surface area contributed by atoms with Gasteiger partial charge in [-0.05, 0) is 18.6 Å². The molecule has 2 heterocycles. The van der Waals surface area contributed by atoms with E-state index in [1.54, 1.807) is 10.6 Å². The highest BCUT2D eigenvalue weighted by atomic mass is 35.7. The minimum absolute atomic E-state index is 0.269. The van der Waals surface area contributed by atoms with Crippen LogP contribution in [0.25, 0.3) is 5.65 Å². The summed E-state index contributed by atoms with van der Waals surface area (Å²) in [5, 5.41) is 0.280. The van der Waals surface area contributed by atoms with Gasteiger partial charge in [0.25, 0.3) is 0 Å². The molecule has 0 aliphatic carbocycles. The maximum Gasteiger partial charge on any atom is 0.238 e. The van der Waals surface area contributed by atoms with Gasteiger partial charge in [-0.2, -0.15) is 0 Å². The lowest BCUT2D eigenvalue weighted by Crippen LogP contribution is -1.95. The van der Waals surface area contributed by atoms with Gasteiger partial charge in [-0.1, -0.05) is 17.7 Å². The molecule has 2 aromatic rings. The van der Waals surface area contributed by atoms with E-state index in [2.05, 4.69) is 4.98 Å². The first-order chi connectivity index (χ1) is 7.38. The third kappa shape index (κ3) is 2.16. The average molecular weight is 279 g/mol. The van der Waals surface area contributed by atoms with Crippen molar-refractivity contribution < 1.29 is 8.42 Å². The summed E-state index contributed by atoms with van der Waals surface area (Å²) in [6, 6.07) is 3.69. The number of halogens is 2. The second-order valence-corrected chi connectivity index (χ2v) is 6.55. The van der Waals surface area contributed by atoms with Crippen molar-refractivity contribution in [1.82, 2.24) is 9.38 Å². The third-order valence-electron chi connectivity index (χ3n) is 2.16. The van der Waals surface area contributed by atoms with Crippen LogP contribution in [0.5, 0.6) is 0 Å². The summed E-state index contributed by atoms with van der Waals surface area (Å²) in [6.07, 6.45) is 1.72. The van der Waals surface area contributed by atoms with Crippen molar-refractivity contribution in [1.29, 1.82) is 0 Å². The molecule has 16 heavy (non-hydrogen) atoms. The van der Waals surface area contributed by atoms with E-state index in [0.29, 0.717) is 5.65 Å². The molecule has 0 amide bonds. The molecule has 0 aliphatic rings. The second-order valence-electron chi connectivity index (χ2n) is 3.42. The maximum atomic E-state index is 11.0. The van der Waals surface area contributed by atoms with Crippen LogP contribution in [-0.2, 0) is 14.8 Å². The molecule has 0 unspecified atom stereocenters. The summed E-state index contributed by atoms with van der Waals surface area (Å²) in [7, 11) is 1.52.